The molecule has 2 heterocycles. The van der Waals surface area contributed by atoms with Crippen LogP contribution in [0.2, 0.25) is 0 Å². The quantitative estimate of drug-likeness (QED) is 0.895. The molecule has 0 aromatic carbocycles. The number of nitrogens with zero attached hydrogens (tertiary/aromatic N) is 4. The van der Waals surface area contributed by atoms with Crippen LogP contribution in [-0.4, -0.2) is 25.1 Å². The number of hydrogen-bond acceptors (Lipinski definition) is 4. The van der Waals surface area contributed by atoms with E-state index >= 15 is 0 Å². The predicted molar refractivity (Wildman–Crippen MR) is 67.7 cm³/mol. The third-order valence-electron chi connectivity index (χ3n) is 3.56. The van der Waals surface area contributed by atoms with E-state index in [0.717, 1.165) is 18.2 Å². The van der Waals surface area contributed by atoms with Crippen LogP contribution in [0.1, 0.15) is 37.9 Å². The van der Waals surface area contributed by atoms with Gasteiger partial charge in [-0.15, -0.1) is 5.10 Å². The zero-order valence-corrected chi connectivity index (χ0v) is 10.3. The molecule has 1 aliphatic carbocycles. The molecule has 0 radical (unpaired) electrons. The number of H-pyrrole nitrogens is 1. The number of hydrogen-bond donors (Lipinski definition) is 1. The Kier molecular flexibility index (Phi) is 3.30. The monoisotopic (exact) mass is 243 g/mol. The minimum Gasteiger partial charge on any atom is -0.263 e. The largest absolute Gasteiger partial charge is 0.263 e. The number of aromatic nitrogens is 5. The van der Waals surface area contributed by atoms with Crippen LogP contribution in [0.3, 0.4) is 0 Å². The van der Waals surface area contributed by atoms with E-state index in [1.165, 1.54) is 32.1 Å². The average molecular weight is 243 g/mol. The molecule has 5 heteroatoms. The lowest BCUT2D eigenvalue weighted by Crippen LogP contribution is -1.97. The number of rotatable bonds is 4. The highest BCUT2D eigenvalue weighted by atomic mass is 15.2. The van der Waals surface area contributed by atoms with Gasteiger partial charge in [-0.2, -0.15) is 0 Å². The second-order valence-corrected chi connectivity index (χ2v) is 4.87. The second-order valence-electron chi connectivity index (χ2n) is 4.87. The maximum absolute atomic E-state index is 4.45. The second kappa shape index (κ2) is 5.25. The average Bonchev–Trinajstić information content (AvgIpc) is 3.09. The fourth-order valence-corrected chi connectivity index (χ4v) is 2.56. The van der Waals surface area contributed by atoms with Gasteiger partial charge in [0.15, 0.2) is 5.82 Å². The summed E-state index contributed by atoms with van der Waals surface area (Å²) in [7, 11) is 0. The maximum Gasteiger partial charge on any atom is 0.218 e. The molecular formula is C13H17N5. The van der Waals surface area contributed by atoms with Gasteiger partial charge >= 0.3 is 0 Å². The van der Waals surface area contributed by atoms with E-state index in [0.29, 0.717) is 11.6 Å². The summed E-state index contributed by atoms with van der Waals surface area (Å²) in [4.78, 5) is 12.7. The summed E-state index contributed by atoms with van der Waals surface area (Å²) in [6, 6.07) is 1.79. The van der Waals surface area contributed by atoms with Crippen molar-refractivity contribution in [2.75, 3.05) is 0 Å². The van der Waals surface area contributed by atoms with E-state index in [2.05, 4.69) is 25.1 Å². The van der Waals surface area contributed by atoms with Gasteiger partial charge in [0.1, 0.15) is 5.82 Å². The van der Waals surface area contributed by atoms with Crippen LogP contribution in [0.5, 0.6) is 0 Å². The third-order valence-corrected chi connectivity index (χ3v) is 3.56. The van der Waals surface area contributed by atoms with Crippen molar-refractivity contribution in [1.82, 2.24) is 25.1 Å². The molecule has 18 heavy (non-hydrogen) atoms. The molecule has 1 fully saturated rings. The highest BCUT2D eigenvalue weighted by Crippen LogP contribution is 2.28. The van der Waals surface area contributed by atoms with Crippen LogP contribution in [0.4, 0.5) is 0 Å². The van der Waals surface area contributed by atoms with Crippen molar-refractivity contribution in [3.63, 3.8) is 0 Å². The molecule has 1 aliphatic rings. The summed E-state index contributed by atoms with van der Waals surface area (Å²) in [5.41, 5.74) is 0. The third kappa shape index (κ3) is 2.55. The van der Waals surface area contributed by atoms with Gasteiger partial charge in [-0.1, -0.05) is 25.7 Å². The van der Waals surface area contributed by atoms with Crippen molar-refractivity contribution in [2.24, 2.45) is 5.92 Å². The summed E-state index contributed by atoms with van der Waals surface area (Å²) in [6.07, 6.45) is 11.1. The lowest BCUT2D eigenvalue weighted by Gasteiger charge is -2.05. The zero-order chi connectivity index (χ0) is 12.2. The van der Waals surface area contributed by atoms with Crippen molar-refractivity contribution in [2.45, 2.75) is 38.5 Å². The van der Waals surface area contributed by atoms with Crippen molar-refractivity contribution >= 4 is 0 Å². The predicted octanol–water partition coefficient (Wildman–Crippen LogP) is 2.38. The van der Waals surface area contributed by atoms with Crippen LogP contribution in [0.25, 0.3) is 11.6 Å². The summed E-state index contributed by atoms with van der Waals surface area (Å²) < 4.78 is 0. The summed E-state index contributed by atoms with van der Waals surface area (Å²) in [5.74, 6) is 3.01. The molecule has 1 N–H and O–H groups in total. The molecular weight excluding hydrogens is 226 g/mol. The standard InChI is InChI=1S/C13H17N5/c1-2-5-10(4-1)6-7-11-16-13(18-17-11)12-14-8-3-9-15-12/h3,8-10H,1-2,4-7H2,(H,16,17,18). The Morgan fingerprint density at radius 2 is 1.89 bits per heavy atom. The Morgan fingerprint density at radius 3 is 2.67 bits per heavy atom. The van der Waals surface area contributed by atoms with Gasteiger partial charge < -0.3 is 0 Å². The molecule has 3 rings (SSSR count). The Labute approximate surface area is 106 Å². The minimum absolute atomic E-state index is 0.584. The van der Waals surface area contributed by atoms with Crippen LogP contribution >= 0.6 is 0 Å². The van der Waals surface area contributed by atoms with E-state index in [1.54, 1.807) is 18.5 Å². The van der Waals surface area contributed by atoms with E-state index in [4.69, 9.17) is 0 Å². The molecule has 0 aliphatic heterocycles. The van der Waals surface area contributed by atoms with E-state index < -0.39 is 0 Å². The van der Waals surface area contributed by atoms with Crippen LogP contribution in [0.15, 0.2) is 18.5 Å². The van der Waals surface area contributed by atoms with Gasteiger partial charge in [0.25, 0.3) is 0 Å². The molecule has 0 saturated heterocycles. The maximum atomic E-state index is 4.45. The molecule has 0 unspecified atom stereocenters. The van der Waals surface area contributed by atoms with E-state index in [-0.39, 0.29) is 0 Å². The van der Waals surface area contributed by atoms with Crippen molar-refractivity contribution < 1.29 is 0 Å². The van der Waals surface area contributed by atoms with Crippen LogP contribution in [-0.2, 0) is 6.42 Å². The molecule has 2 aromatic heterocycles. The van der Waals surface area contributed by atoms with E-state index in [1.807, 2.05) is 0 Å². The molecule has 5 nitrogen and oxygen atoms in total. The first-order valence-corrected chi connectivity index (χ1v) is 6.60. The Balaban J connectivity index is 1.63. The first-order chi connectivity index (χ1) is 8.92. The SMILES string of the molecule is c1cnc(-c2n[nH]c(CCC3CCCC3)n2)nc1. The summed E-state index contributed by atoms with van der Waals surface area (Å²) >= 11 is 0. The lowest BCUT2D eigenvalue weighted by atomic mass is 10.0. The van der Waals surface area contributed by atoms with Gasteiger partial charge in [-0.05, 0) is 18.4 Å². The molecule has 0 spiro atoms. The van der Waals surface area contributed by atoms with Crippen LogP contribution < -0.4 is 0 Å². The smallest absolute Gasteiger partial charge is 0.218 e. The zero-order valence-electron chi connectivity index (χ0n) is 10.3. The van der Waals surface area contributed by atoms with Gasteiger partial charge in [0, 0.05) is 18.8 Å². The first-order valence-electron chi connectivity index (χ1n) is 6.60. The highest BCUT2D eigenvalue weighted by molar-refractivity contribution is 5.40. The molecule has 2 aromatic rings. The fourth-order valence-electron chi connectivity index (χ4n) is 2.56. The molecule has 1 saturated carbocycles. The fraction of sp³-hybridized carbons (Fsp3) is 0.538. The van der Waals surface area contributed by atoms with Crippen molar-refractivity contribution in [3.8, 4) is 11.6 Å². The Morgan fingerprint density at radius 1 is 1.11 bits per heavy atom. The van der Waals surface area contributed by atoms with Gasteiger partial charge in [0.2, 0.25) is 5.82 Å². The lowest BCUT2D eigenvalue weighted by molar-refractivity contribution is 0.497. The number of nitrogens with one attached hydrogen (secondary N) is 1. The van der Waals surface area contributed by atoms with Gasteiger partial charge in [-0.3, -0.25) is 5.10 Å². The van der Waals surface area contributed by atoms with Crippen LogP contribution in [0, 0.1) is 5.92 Å². The topological polar surface area (TPSA) is 67.3 Å². The van der Waals surface area contributed by atoms with Crippen molar-refractivity contribution in [1.29, 1.82) is 0 Å². The van der Waals surface area contributed by atoms with Gasteiger partial charge in [0.05, 0.1) is 0 Å². The number of aryl methyl sites for hydroxylation is 1. The normalized spacial score (nSPS) is 16.2. The van der Waals surface area contributed by atoms with Crippen molar-refractivity contribution in [3.05, 3.63) is 24.3 Å². The molecule has 0 atom stereocenters. The molecule has 0 amide bonds. The summed E-state index contributed by atoms with van der Waals surface area (Å²) in [6.45, 7) is 0. The Hall–Kier alpha value is -1.78. The van der Waals surface area contributed by atoms with Gasteiger partial charge in [-0.25, -0.2) is 15.0 Å². The molecule has 94 valence electrons. The minimum atomic E-state index is 0.584. The first kappa shape index (κ1) is 11.3. The van der Waals surface area contributed by atoms with E-state index in [9.17, 15) is 0 Å². The number of aromatic amines is 1. The molecule has 0 bridgehead atoms. The Bertz CT molecular complexity index is 487. The summed E-state index contributed by atoms with van der Waals surface area (Å²) in [5, 5.41) is 7.16. The highest BCUT2D eigenvalue weighted by Gasteiger charge is 2.16.